The van der Waals surface area contributed by atoms with Crippen molar-refractivity contribution in [1.29, 1.82) is 0 Å². The number of carboxylic acid groups (broad SMARTS) is 1. The number of benzene rings is 1. The largest absolute Gasteiger partial charge is 0.478 e. The zero-order chi connectivity index (χ0) is 17.3. The van der Waals surface area contributed by atoms with Crippen LogP contribution in [0.1, 0.15) is 20.8 Å². The Balaban J connectivity index is 2.41. The number of halogens is 2. The normalized spacial score (nSPS) is 10.4. The number of aromatic carboxylic acids is 1. The zero-order valence-corrected chi connectivity index (χ0v) is 14.6. The molecular weight excluding hydrogens is 440 g/mol. The number of rotatable bonds is 4. The van der Waals surface area contributed by atoms with E-state index in [1.54, 1.807) is 0 Å². The predicted molar refractivity (Wildman–Crippen MR) is 86.6 cm³/mol. The van der Waals surface area contributed by atoms with E-state index in [1.165, 1.54) is 19.2 Å². The highest BCUT2D eigenvalue weighted by Crippen LogP contribution is 2.35. The van der Waals surface area contributed by atoms with Crippen LogP contribution in [0.25, 0.3) is 0 Å². The standard InChI is InChI=1S/C12H8Br2N4O5/c1-17-10(6(4-15-17)12(20)21)11(19)16-9-7(13)2-5(18(22)23)3-8(9)14/h2-4H,1H3,(H,16,19)(H,20,21). The molecule has 11 heteroatoms. The topological polar surface area (TPSA) is 127 Å². The van der Waals surface area contributed by atoms with E-state index in [2.05, 4.69) is 42.3 Å². The Morgan fingerprint density at radius 3 is 2.39 bits per heavy atom. The molecule has 9 nitrogen and oxygen atoms in total. The summed E-state index contributed by atoms with van der Waals surface area (Å²) in [5.74, 6) is -2.00. The fraction of sp³-hybridized carbons (Fsp3) is 0.0833. The van der Waals surface area contributed by atoms with Gasteiger partial charge < -0.3 is 10.4 Å². The van der Waals surface area contributed by atoms with E-state index < -0.39 is 16.8 Å². The monoisotopic (exact) mass is 446 g/mol. The second-order valence-electron chi connectivity index (χ2n) is 4.33. The molecule has 0 bridgehead atoms. The molecule has 0 unspecified atom stereocenters. The lowest BCUT2D eigenvalue weighted by Crippen LogP contribution is -2.20. The molecule has 2 aromatic rings. The minimum Gasteiger partial charge on any atom is -0.478 e. The lowest BCUT2D eigenvalue weighted by atomic mass is 10.2. The molecule has 1 aromatic heterocycles. The van der Waals surface area contributed by atoms with Crippen LogP contribution in [0.2, 0.25) is 0 Å². The van der Waals surface area contributed by atoms with Crippen molar-refractivity contribution in [2.45, 2.75) is 0 Å². The van der Waals surface area contributed by atoms with E-state index in [9.17, 15) is 19.7 Å². The van der Waals surface area contributed by atoms with Crippen LogP contribution in [0.3, 0.4) is 0 Å². The lowest BCUT2D eigenvalue weighted by Gasteiger charge is -2.10. The summed E-state index contributed by atoms with van der Waals surface area (Å²) >= 11 is 6.27. The molecular formula is C12H8Br2N4O5. The number of amides is 1. The highest BCUT2D eigenvalue weighted by molar-refractivity contribution is 9.11. The lowest BCUT2D eigenvalue weighted by molar-refractivity contribution is -0.385. The van der Waals surface area contributed by atoms with Crippen molar-refractivity contribution in [3.8, 4) is 0 Å². The van der Waals surface area contributed by atoms with Crippen molar-refractivity contribution in [3.63, 3.8) is 0 Å². The summed E-state index contributed by atoms with van der Waals surface area (Å²) in [5, 5.41) is 26.1. The number of carbonyl (C=O) groups is 2. The van der Waals surface area contributed by atoms with Crippen LogP contribution in [0.4, 0.5) is 11.4 Å². The first-order valence-corrected chi connectivity index (χ1v) is 7.51. The van der Waals surface area contributed by atoms with E-state index in [-0.39, 0.29) is 31.6 Å². The fourth-order valence-electron chi connectivity index (χ4n) is 1.82. The van der Waals surface area contributed by atoms with Crippen LogP contribution in [0, 0.1) is 10.1 Å². The van der Waals surface area contributed by atoms with Gasteiger partial charge in [-0.3, -0.25) is 19.6 Å². The number of aromatic nitrogens is 2. The van der Waals surface area contributed by atoms with Crippen molar-refractivity contribution in [1.82, 2.24) is 9.78 Å². The van der Waals surface area contributed by atoms with Crippen LogP contribution in [-0.4, -0.2) is 31.7 Å². The third-order valence-electron chi connectivity index (χ3n) is 2.86. The summed E-state index contributed by atoms with van der Waals surface area (Å²) in [5.41, 5.74) is -0.333. The minimum absolute atomic E-state index is 0.144. The molecule has 0 radical (unpaired) electrons. The minimum atomic E-state index is -1.29. The third kappa shape index (κ3) is 3.40. The Labute approximate surface area is 145 Å². The Hall–Kier alpha value is -2.27. The van der Waals surface area contributed by atoms with Crippen LogP contribution in [0.5, 0.6) is 0 Å². The molecule has 1 heterocycles. The predicted octanol–water partition coefficient (Wildman–Crippen LogP) is 2.80. The van der Waals surface area contributed by atoms with Gasteiger partial charge in [-0.15, -0.1) is 0 Å². The van der Waals surface area contributed by atoms with Gasteiger partial charge in [0, 0.05) is 28.1 Å². The first-order chi connectivity index (χ1) is 10.7. The number of hydrogen-bond acceptors (Lipinski definition) is 5. The molecule has 0 aliphatic heterocycles. The first kappa shape index (κ1) is 17.1. The van der Waals surface area contributed by atoms with E-state index in [4.69, 9.17) is 5.11 Å². The number of hydrogen-bond donors (Lipinski definition) is 2. The van der Waals surface area contributed by atoms with Gasteiger partial charge in [-0.2, -0.15) is 5.10 Å². The van der Waals surface area contributed by atoms with Crippen molar-refractivity contribution >= 4 is 55.1 Å². The Morgan fingerprint density at radius 1 is 1.35 bits per heavy atom. The van der Waals surface area contributed by atoms with Gasteiger partial charge in [0.2, 0.25) is 0 Å². The van der Waals surface area contributed by atoms with Crippen molar-refractivity contribution in [2.75, 3.05) is 5.32 Å². The number of nitrogens with zero attached hydrogens (tertiary/aromatic N) is 3. The van der Waals surface area contributed by atoms with Crippen LogP contribution < -0.4 is 5.32 Å². The number of nitrogens with one attached hydrogen (secondary N) is 1. The fourth-order valence-corrected chi connectivity index (χ4v) is 3.18. The molecule has 23 heavy (non-hydrogen) atoms. The molecule has 2 rings (SSSR count). The summed E-state index contributed by atoms with van der Waals surface area (Å²) in [4.78, 5) is 33.7. The van der Waals surface area contributed by atoms with E-state index in [1.807, 2.05) is 0 Å². The molecule has 0 saturated carbocycles. The highest BCUT2D eigenvalue weighted by Gasteiger charge is 2.23. The summed E-state index contributed by atoms with van der Waals surface area (Å²) in [6.45, 7) is 0. The maximum absolute atomic E-state index is 12.3. The van der Waals surface area contributed by atoms with Gasteiger partial charge in [0.15, 0.2) is 0 Å². The molecule has 2 N–H and O–H groups in total. The van der Waals surface area contributed by atoms with Crippen molar-refractivity contribution < 1.29 is 19.6 Å². The van der Waals surface area contributed by atoms with Crippen LogP contribution >= 0.6 is 31.9 Å². The van der Waals surface area contributed by atoms with Gasteiger partial charge in [-0.1, -0.05) is 0 Å². The quantitative estimate of drug-likeness (QED) is 0.547. The van der Waals surface area contributed by atoms with Gasteiger partial charge in [0.1, 0.15) is 11.3 Å². The summed E-state index contributed by atoms with van der Waals surface area (Å²) in [6, 6.07) is 2.45. The average molecular weight is 448 g/mol. The zero-order valence-electron chi connectivity index (χ0n) is 11.4. The highest BCUT2D eigenvalue weighted by atomic mass is 79.9. The number of nitro benzene ring substituents is 1. The number of carboxylic acids is 1. The summed E-state index contributed by atoms with van der Waals surface area (Å²) in [7, 11) is 1.43. The molecule has 0 fully saturated rings. The number of carbonyl (C=O) groups excluding carboxylic acids is 1. The second kappa shape index (κ2) is 6.46. The Morgan fingerprint density at radius 2 is 1.91 bits per heavy atom. The molecule has 0 atom stereocenters. The molecule has 0 saturated heterocycles. The van der Waals surface area contributed by atoms with Gasteiger partial charge in [0.25, 0.3) is 11.6 Å². The van der Waals surface area contributed by atoms with E-state index in [0.29, 0.717) is 0 Å². The molecule has 120 valence electrons. The summed E-state index contributed by atoms with van der Waals surface area (Å²) in [6.07, 6.45) is 1.07. The SMILES string of the molecule is Cn1ncc(C(=O)O)c1C(=O)Nc1c(Br)cc([N+](=O)[O-])cc1Br. The molecule has 0 spiro atoms. The third-order valence-corrected chi connectivity index (χ3v) is 4.11. The average Bonchev–Trinajstić information content (AvgIpc) is 2.84. The van der Waals surface area contributed by atoms with Crippen LogP contribution in [0.15, 0.2) is 27.3 Å². The molecule has 0 aliphatic carbocycles. The number of anilines is 1. The molecule has 1 aromatic carbocycles. The Bertz CT molecular complexity index is 810. The molecule has 1 amide bonds. The number of non-ortho nitro benzene ring substituents is 1. The number of aryl methyl sites for hydroxylation is 1. The number of nitro groups is 1. The van der Waals surface area contributed by atoms with Gasteiger partial charge >= 0.3 is 5.97 Å². The Kier molecular flexibility index (Phi) is 4.80. The van der Waals surface area contributed by atoms with E-state index in [0.717, 1.165) is 10.9 Å². The maximum atomic E-state index is 12.3. The van der Waals surface area contributed by atoms with Gasteiger partial charge in [-0.25, -0.2) is 4.79 Å². The van der Waals surface area contributed by atoms with Crippen molar-refractivity contribution in [2.24, 2.45) is 7.05 Å². The van der Waals surface area contributed by atoms with Crippen molar-refractivity contribution in [3.05, 3.63) is 48.6 Å². The summed E-state index contributed by atoms with van der Waals surface area (Å²) < 4.78 is 1.67. The van der Waals surface area contributed by atoms with Crippen LogP contribution in [-0.2, 0) is 7.05 Å². The second-order valence-corrected chi connectivity index (χ2v) is 6.04. The smallest absolute Gasteiger partial charge is 0.339 e. The van der Waals surface area contributed by atoms with E-state index >= 15 is 0 Å². The van der Waals surface area contributed by atoms with Gasteiger partial charge in [0.05, 0.1) is 16.8 Å². The van der Waals surface area contributed by atoms with Gasteiger partial charge in [-0.05, 0) is 31.9 Å². The molecule has 0 aliphatic rings. The maximum Gasteiger partial charge on any atom is 0.339 e. The first-order valence-electron chi connectivity index (χ1n) is 5.92.